The molecule has 0 radical (unpaired) electrons. The lowest BCUT2D eigenvalue weighted by Crippen LogP contribution is -2.10. The zero-order valence-corrected chi connectivity index (χ0v) is 11.4. The molecular formula is C16H20N2. The monoisotopic (exact) mass is 240 g/mol. The van der Waals surface area contributed by atoms with Crippen LogP contribution in [-0.4, -0.2) is 12.0 Å². The van der Waals surface area contributed by atoms with Crippen molar-refractivity contribution in [1.29, 1.82) is 0 Å². The van der Waals surface area contributed by atoms with Crippen LogP contribution in [0, 0.1) is 13.8 Å². The van der Waals surface area contributed by atoms with E-state index in [2.05, 4.69) is 31.3 Å². The predicted octanol–water partition coefficient (Wildman–Crippen LogP) is 3.77. The van der Waals surface area contributed by atoms with Crippen LogP contribution in [0.25, 0.3) is 10.9 Å². The van der Waals surface area contributed by atoms with Gasteiger partial charge in [0.1, 0.15) is 0 Å². The topological polar surface area (TPSA) is 24.9 Å². The van der Waals surface area contributed by atoms with Gasteiger partial charge in [0.05, 0.1) is 5.52 Å². The molecule has 1 aliphatic carbocycles. The second kappa shape index (κ2) is 4.27. The zero-order chi connectivity index (χ0) is 12.7. The van der Waals surface area contributed by atoms with E-state index in [4.69, 9.17) is 4.98 Å². The molecule has 1 aromatic carbocycles. The van der Waals surface area contributed by atoms with Crippen LogP contribution >= 0.6 is 0 Å². The van der Waals surface area contributed by atoms with Gasteiger partial charge in [0.15, 0.2) is 0 Å². The van der Waals surface area contributed by atoms with Crippen LogP contribution in [0.2, 0.25) is 0 Å². The van der Waals surface area contributed by atoms with Gasteiger partial charge in [0, 0.05) is 23.8 Å². The van der Waals surface area contributed by atoms with Crippen LogP contribution in [0.4, 0.5) is 5.69 Å². The first kappa shape index (κ1) is 11.5. The van der Waals surface area contributed by atoms with Crippen LogP contribution in [-0.2, 0) is 12.8 Å². The van der Waals surface area contributed by atoms with E-state index in [-0.39, 0.29) is 0 Å². The van der Waals surface area contributed by atoms with Crippen LogP contribution in [0.5, 0.6) is 0 Å². The minimum absolute atomic E-state index is 1.13. The van der Waals surface area contributed by atoms with Gasteiger partial charge < -0.3 is 5.32 Å². The molecule has 0 aliphatic heterocycles. The molecule has 0 unspecified atom stereocenters. The lowest BCUT2D eigenvalue weighted by atomic mass is 9.91. The van der Waals surface area contributed by atoms with Gasteiger partial charge in [0.25, 0.3) is 0 Å². The fourth-order valence-electron chi connectivity index (χ4n) is 3.10. The third-order valence-electron chi connectivity index (χ3n) is 4.08. The summed E-state index contributed by atoms with van der Waals surface area (Å²) in [6.45, 7) is 4.34. The van der Waals surface area contributed by atoms with Gasteiger partial charge in [0.2, 0.25) is 0 Å². The van der Waals surface area contributed by atoms with Gasteiger partial charge in [-0.1, -0.05) is 12.1 Å². The molecule has 0 bridgehead atoms. The zero-order valence-electron chi connectivity index (χ0n) is 11.4. The Labute approximate surface area is 108 Å². The smallest absolute Gasteiger partial charge is 0.0758 e. The molecular weight excluding hydrogens is 220 g/mol. The van der Waals surface area contributed by atoms with Gasteiger partial charge in [-0.3, -0.25) is 4.98 Å². The van der Waals surface area contributed by atoms with Crippen molar-refractivity contribution in [3.8, 4) is 0 Å². The number of fused-ring (bicyclic) bond motifs is 2. The second-order valence-electron chi connectivity index (χ2n) is 5.29. The summed E-state index contributed by atoms with van der Waals surface area (Å²) >= 11 is 0. The SMILES string of the molecule is CNc1c2c(nc3c(C)ccc(C)c13)CCCC2. The number of nitrogens with one attached hydrogen (secondary N) is 1. The van der Waals surface area contributed by atoms with Crippen LogP contribution in [0.3, 0.4) is 0 Å². The normalized spacial score (nSPS) is 14.6. The summed E-state index contributed by atoms with van der Waals surface area (Å²) in [6, 6.07) is 4.38. The molecule has 0 fully saturated rings. The molecule has 0 saturated carbocycles. The van der Waals surface area contributed by atoms with E-state index >= 15 is 0 Å². The van der Waals surface area contributed by atoms with Crippen molar-refractivity contribution in [3.05, 3.63) is 34.5 Å². The summed E-state index contributed by atoms with van der Waals surface area (Å²) < 4.78 is 0. The Morgan fingerprint density at radius 3 is 2.56 bits per heavy atom. The van der Waals surface area contributed by atoms with Gasteiger partial charge in [-0.15, -0.1) is 0 Å². The van der Waals surface area contributed by atoms with Crippen molar-refractivity contribution in [2.45, 2.75) is 39.5 Å². The van der Waals surface area contributed by atoms with E-state index in [1.54, 1.807) is 0 Å². The van der Waals surface area contributed by atoms with Gasteiger partial charge >= 0.3 is 0 Å². The Bertz CT molecular complexity index is 614. The van der Waals surface area contributed by atoms with E-state index in [9.17, 15) is 0 Å². The summed E-state index contributed by atoms with van der Waals surface area (Å²) in [5.74, 6) is 0. The van der Waals surface area contributed by atoms with Crippen molar-refractivity contribution >= 4 is 16.6 Å². The molecule has 1 heterocycles. The highest BCUT2D eigenvalue weighted by molar-refractivity contribution is 5.97. The summed E-state index contributed by atoms with van der Waals surface area (Å²) in [6.07, 6.45) is 4.87. The Morgan fingerprint density at radius 2 is 1.78 bits per heavy atom. The molecule has 94 valence electrons. The summed E-state index contributed by atoms with van der Waals surface area (Å²) in [4.78, 5) is 4.94. The summed E-state index contributed by atoms with van der Waals surface area (Å²) in [5.41, 5.74) is 7.86. The molecule has 3 rings (SSSR count). The molecule has 2 nitrogen and oxygen atoms in total. The molecule has 1 N–H and O–H groups in total. The third-order valence-corrected chi connectivity index (χ3v) is 4.08. The van der Waals surface area contributed by atoms with Crippen molar-refractivity contribution < 1.29 is 0 Å². The maximum Gasteiger partial charge on any atom is 0.0758 e. The second-order valence-corrected chi connectivity index (χ2v) is 5.29. The van der Waals surface area contributed by atoms with E-state index in [0.29, 0.717) is 0 Å². The van der Waals surface area contributed by atoms with Crippen molar-refractivity contribution in [1.82, 2.24) is 4.98 Å². The minimum atomic E-state index is 1.13. The number of aryl methyl sites for hydroxylation is 3. The molecule has 1 aromatic heterocycles. The van der Waals surface area contributed by atoms with Crippen LogP contribution < -0.4 is 5.32 Å². The first-order valence-corrected chi connectivity index (χ1v) is 6.82. The van der Waals surface area contributed by atoms with E-state index in [1.807, 2.05) is 7.05 Å². The highest BCUT2D eigenvalue weighted by Crippen LogP contribution is 2.35. The molecule has 0 saturated heterocycles. The summed E-state index contributed by atoms with van der Waals surface area (Å²) in [7, 11) is 2.03. The minimum Gasteiger partial charge on any atom is -0.387 e. The lowest BCUT2D eigenvalue weighted by Gasteiger charge is -2.22. The number of pyridine rings is 1. The fraction of sp³-hybridized carbons (Fsp3) is 0.438. The van der Waals surface area contributed by atoms with Gasteiger partial charge in [-0.05, 0) is 56.2 Å². The Kier molecular flexibility index (Phi) is 2.73. The molecule has 2 heteroatoms. The van der Waals surface area contributed by atoms with Crippen molar-refractivity contribution in [2.75, 3.05) is 12.4 Å². The molecule has 0 atom stereocenters. The third kappa shape index (κ3) is 1.59. The fourth-order valence-corrected chi connectivity index (χ4v) is 3.10. The Balaban J connectivity index is 2.44. The molecule has 1 aliphatic rings. The average molecular weight is 240 g/mol. The van der Waals surface area contributed by atoms with Crippen LogP contribution in [0.15, 0.2) is 12.1 Å². The summed E-state index contributed by atoms with van der Waals surface area (Å²) in [5, 5.41) is 4.74. The van der Waals surface area contributed by atoms with E-state index in [0.717, 1.165) is 6.42 Å². The van der Waals surface area contributed by atoms with Gasteiger partial charge in [-0.2, -0.15) is 0 Å². The maximum atomic E-state index is 4.94. The number of rotatable bonds is 1. The quantitative estimate of drug-likeness (QED) is 0.820. The lowest BCUT2D eigenvalue weighted by molar-refractivity contribution is 0.672. The number of benzene rings is 1. The number of nitrogens with zero attached hydrogens (tertiary/aromatic N) is 1. The number of hydrogen-bond donors (Lipinski definition) is 1. The first-order chi connectivity index (χ1) is 8.72. The Morgan fingerprint density at radius 1 is 1.06 bits per heavy atom. The number of anilines is 1. The first-order valence-electron chi connectivity index (χ1n) is 6.82. The molecule has 2 aromatic rings. The highest BCUT2D eigenvalue weighted by Gasteiger charge is 2.19. The maximum absolute atomic E-state index is 4.94. The highest BCUT2D eigenvalue weighted by atomic mass is 14.9. The van der Waals surface area contributed by atoms with Gasteiger partial charge in [-0.25, -0.2) is 0 Å². The largest absolute Gasteiger partial charge is 0.387 e. The molecule has 0 amide bonds. The number of hydrogen-bond acceptors (Lipinski definition) is 2. The number of aromatic nitrogens is 1. The van der Waals surface area contributed by atoms with Crippen molar-refractivity contribution in [2.24, 2.45) is 0 Å². The molecule has 18 heavy (non-hydrogen) atoms. The predicted molar refractivity (Wildman–Crippen MR) is 77.4 cm³/mol. The average Bonchev–Trinajstić information content (AvgIpc) is 2.41. The van der Waals surface area contributed by atoms with E-state index < -0.39 is 0 Å². The van der Waals surface area contributed by atoms with E-state index in [1.165, 1.54) is 58.2 Å². The standard InChI is InChI=1S/C16H20N2/c1-10-8-9-11(2)15-14(10)16(17-3)12-6-4-5-7-13(12)18-15/h8-9H,4-7H2,1-3H3,(H,17,18). The van der Waals surface area contributed by atoms with Crippen LogP contribution in [0.1, 0.15) is 35.2 Å². The molecule has 0 spiro atoms. The Hall–Kier alpha value is -1.57. The van der Waals surface area contributed by atoms with Crippen molar-refractivity contribution in [3.63, 3.8) is 0 Å².